The van der Waals surface area contributed by atoms with Gasteiger partial charge >= 0.3 is 5.97 Å². The molecule has 0 aliphatic carbocycles. The fourth-order valence-corrected chi connectivity index (χ4v) is 1.74. The first-order valence-electron chi connectivity index (χ1n) is 8.33. The normalized spacial score (nSPS) is 12.2. The smallest absolute Gasteiger partial charge is 0.303 e. The van der Waals surface area contributed by atoms with E-state index in [9.17, 15) is 9.59 Å². The third-order valence-electron chi connectivity index (χ3n) is 3.73. The molecule has 0 rings (SSSR count). The Morgan fingerprint density at radius 1 is 0.958 bits per heavy atom. The molecule has 0 radical (unpaired) electrons. The molecule has 7 heteroatoms. The van der Waals surface area contributed by atoms with Gasteiger partial charge in [0.15, 0.2) is 0 Å². The Morgan fingerprint density at radius 3 is 2.17 bits per heavy atom. The molecule has 0 aliphatic heterocycles. The molecule has 7 nitrogen and oxygen atoms in total. The molecular formula is C17H33NO6. The first-order chi connectivity index (χ1) is 11.1. The van der Waals surface area contributed by atoms with E-state index >= 15 is 0 Å². The highest BCUT2D eigenvalue weighted by Gasteiger charge is 2.21. The average Bonchev–Trinajstić information content (AvgIpc) is 2.48. The van der Waals surface area contributed by atoms with Crippen LogP contribution in [0.15, 0.2) is 0 Å². The van der Waals surface area contributed by atoms with E-state index in [-0.39, 0.29) is 30.0 Å². The van der Waals surface area contributed by atoms with Gasteiger partial charge in [0.25, 0.3) is 0 Å². The molecule has 0 aromatic rings. The third-order valence-corrected chi connectivity index (χ3v) is 3.73. The third kappa shape index (κ3) is 13.3. The summed E-state index contributed by atoms with van der Waals surface area (Å²) in [7, 11) is 1.69. The molecule has 0 spiro atoms. The summed E-state index contributed by atoms with van der Waals surface area (Å²) in [6, 6.07) is 0. The Bertz CT molecular complexity index is 381. The first kappa shape index (κ1) is 22.8. The van der Waals surface area contributed by atoms with Crippen LogP contribution in [0.5, 0.6) is 0 Å². The monoisotopic (exact) mass is 347 g/mol. The van der Waals surface area contributed by atoms with Gasteiger partial charge in [0.1, 0.15) is 0 Å². The number of carboxylic acids is 1. The predicted octanol–water partition coefficient (Wildman–Crippen LogP) is 1.98. The van der Waals surface area contributed by atoms with Crippen molar-refractivity contribution in [2.24, 2.45) is 0 Å². The number of aliphatic carboxylic acids is 1. The van der Waals surface area contributed by atoms with Crippen molar-refractivity contribution in [2.45, 2.75) is 64.6 Å². The molecule has 0 aromatic heterocycles. The molecule has 0 fully saturated rings. The van der Waals surface area contributed by atoms with Crippen molar-refractivity contribution in [1.29, 1.82) is 0 Å². The van der Waals surface area contributed by atoms with Crippen LogP contribution < -0.4 is 5.32 Å². The van der Waals surface area contributed by atoms with Gasteiger partial charge in [-0.15, -0.1) is 0 Å². The standard InChI is InChI=1S/C17H33NO6/c1-16(2,22-5)9-12-24-17(3,4)8-11-23-13-10-18-14(19)6-7-15(20)21/h6-13H2,1-5H3,(H,18,19)(H,20,21). The Morgan fingerprint density at radius 2 is 1.58 bits per heavy atom. The van der Waals surface area contributed by atoms with Crippen molar-refractivity contribution in [2.75, 3.05) is 33.5 Å². The van der Waals surface area contributed by atoms with Crippen LogP contribution in [0, 0.1) is 0 Å². The number of carbonyl (C=O) groups is 2. The highest BCUT2D eigenvalue weighted by molar-refractivity contribution is 5.80. The maximum absolute atomic E-state index is 11.3. The summed E-state index contributed by atoms with van der Waals surface area (Å²) in [6.07, 6.45) is 1.40. The zero-order valence-electron chi connectivity index (χ0n) is 15.6. The summed E-state index contributed by atoms with van der Waals surface area (Å²) in [5.41, 5.74) is -0.472. The summed E-state index contributed by atoms with van der Waals surface area (Å²) >= 11 is 0. The summed E-state index contributed by atoms with van der Waals surface area (Å²) in [5.74, 6) is -1.25. The van der Waals surface area contributed by atoms with Crippen molar-refractivity contribution in [1.82, 2.24) is 5.32 Å². The fourth-order valence-electron chi connectivity index (χ4n) is 1.74. The quantitative estimate of drug-likeness (QED) is 0.467. The first-order valence-corrected chi connectivity index (χ1v) is 8.33. The Kier molecular flexibility index (Phi) is 10.8. The number of carboxylic acid groups (broad SMARTS) is 1. The van der Waals surface area contributed by atoms with Gasteiger partial charge in [0.05, 0.1) is 30.8 Å². The zero-order valence-corrected chi connectivity index (χ0v) is 15.6. The van der Waals surface area contributed by atoms with Crippen LogP contribution in [0.4, 0.5) is 0 Å². The number of rotatable bonds is 14. The van der Waals surface area contributed by atoms with Gasteiger partial charge in [-0.1, -0.05) is 0 Å². The SMILES string of the molecule is COC(C)(C)CCOC(C)(C)CCOCCNC(=O)CCC(=O)O. The van der Waals surface area contributed by atoms with E-state index < -0.39 is 5.97 Å². The number of hydrogen-bond donors (Lipinski definition) is 2. The van der Waals surface area contributed by atoms with Crippen LogP contribution in [0.25, 0.3) is 0 Å². The molecule has 1 amide bonds. The highest BCUT2D eigenvalue weighted by Crippen LogP contribution is 2.18. The van der Waals surface area contributed by atoms with Crippen molar-refractivity contribution in [3.8, 4) is 0 Å². The number of ether oxygens (including phenoxy) is 3. The fraction of sp³-hybridized carbons (Fsp3) is 0.882. The van der Waals surface area contributed by atoms with E-state index in [2.05, 4.69) is 5.32 Å². The number of amides is 1. The van der Waals surface area contributed by atoms with Crippen LogP contribution in [-0.2, 0) is 23.8 Å². The van der Waals surface area contributed by atoms with Gasteiger partial charge in [-0.25, -0.2) is 0 Å². The predicted molar refractivity (Wildman–Crippen MR) is 91.1 cm³/mol. The topological polar surface area (TPSA) is 94.1 Å². The average molecular weight is 347 g/mol. The molecule has 0 unspecified atom stereocenters. The molecule has 0 bridgehead atoms. The maximum atomic E-state index is 11.3. The lowest BCUT2D eigenvalue weighted by Crippen LogP contribution is -2.31. The minimum atomic E-state index is -0.975. The summed E-state index contributed by atoms with van der Waals surface area (Å²) in [5, 5.41) is 11.1. The largest absolute Gasteiger partial charge is 0.481 e. The molecule has 0 atom stereocenters. The molecule has 142 valence electrons. The van der Waals surface area contributed by atoms with E-state index in [1.807, 2.05) is 27.7 Å². The minimum Gasteiger partial charge on any atom is -0.481 e. The molecule has 24 heavy (non-hydrogen) atoms. The van der Waals surface area contributed by atoms with Crippen molar-refractivity contribution in [3.05, 3.63) is 0 Å². The van der Waals surface area contributed by atoms with Gasteiger partial charge < -0.3 is 24.6 Å². The van der Waals surface area contributed by atoms with Gasteiger partial charge in [-0.05, 0) is 40.5 Å². The Labute approximate surface area is 145 Å². The number of methoxy groups -OCH3 is 1. The van der Waals surface area contributed by atoms with E-state index in [1.54, 1.807) is 7.11 Å². The molecule has 0 saturated heterocycles. The lowest BCUT2D eigenvalue weighted by molar-refractivity contribution is -0.138. The van der Waals surface area contributed by atoms with Gasteiger partial charge in [-0.3, -0.25) is 9.59 Å². The summed E-state index contributed by atoms with van der Waals surface area (Å²) in [4.78, 5) is 21.6. The maximum Gasteiger partial charge on any atom is 0.303 e. The Hall–Kier alpha value is -1.18. The number of carbonyl (C=O) groups excluding carboxylic acids is 1. The number of hydrogen-bond acceptors (Lipinski definition) is 5. The molecule has 0 saturated carbocycles. The van der Waals surface area contributed by atoms with Crippen LogP contribution in [0.2, 0.25) is 0 Å². The molecule has 0 aliphatic rings. The summed E-state index contributed by atoms with van der Waals surface area (Å²) < 4.78 is 16.7. The van der Waals surface area contributed by atoms with Crippen LogP contribution in [-0.4, -0.2) is 61.7 Å². The molecular weight excluding hydrogens is 314 g/mol. The molecule has 0 aromatic carbocycles. The summed E-state index contributed by atoms with van der Waals surface area (Å²) in [6.45, 7) is 10.0. The van der Waals surface area contributed by atoms with Gasteiger partial charge in [0.2, 0.25) is 5.91 Å². The van der Waals surface area contributed by atoms with E-state index in [4.69, 9.17) is 19.3 Å². The van der Waals surface area contributed by atoms with Crippen molar-refractivity contribution >= 4 is 11.9 Å². The van der Waals surface area contributed by atoms with Crippen LogP contribution >= 0.6 is 0 Å². The number of nitrogens with one attached hydrogen (secondary N) is 1. The van der Waals surface area contributed by atoms with Gasteiger partial charge in [-0.2, -0.15) is 0 Å². The second-order valence-corrected chi connectivity index (χ2v) is 6.93. The second-order valence-electron chi connectivity index (χ2n) is 6.93. The minimum absolute atomic E-state index is 0.00593. The zero-order chi connectivity index (χ0) is 18.6. The lowest BCUT2D eigenvalue weighted by atomic mass is 10.0. The van der Waals surface area contributed by atoms with Gasteiger partial charge in [0, 0.05) is 26.7 Å². The van der Waals surface area contributed by atoms with Crippen LogP contribution in [0.3, 0.4) is 0 Å². The van der Waals surface area contributed by atoms with E-state index in [0.717, 1.165) is 12.8 Å². The van der Waals surface area contributed by atoms with Crippen molar-refractivity contribution < 1.29 is 28.9 Å². The highest BCUT2D eigenvalue weighted by atomic mass is 16.5. The second kappa shape index (κ2) is 11.4. The lowest BCUT2D eigenvalue weighted by Gasteiger charge is -2.28. The van der Waals surface area contributed by atoms with E-state index in [1.165, 1.54) is 0 Å². The van der Waals surface area contributed by atoms with Crippen LogP contribution in [0.1, 0.15) is 53.4 Å². The van der Waals surface area contributed by atoms with E-state index in [0.29, 0.717) is 26.4 Å². The van der Waals surface area contributed by atoms with Crippen molar-refractivity contribution in [3.63, 3.8) is 0 Å². The Balaban J connectivity index is 3.68. The molecule has 0 heterocycles. The molecule has 2 N–H and O–H groups in total.